The van der Waals surface area contributed by atoms with Crippen molar-refractivity contribution in [3.8, 4) is 6.07 Å². The average Bonchev–Trinajstić information content (AvgIpc) is 3.70. The van der Waals surface area contributed by atoms with E-state index < -0.39 is 0 Å². The van der Waals surface area contributed by atoms with Gasteiger partial charge in [0.15, 0.2) is 5.82 Å². The van der Waals surface area contributed by atoms with Crippen LogP contribution in [0.1, 0.15) is 46.3 Å². The first-order valence-corrected chi connectivity index (χ1v) is 11.6. The second-order valence-corrected chi connectivity index (χ2v) is 9.09. The molecule has 8 nitrogen and oxygen atoms in total. The molecule has 1 aromatic carbocycles. The van der Waals surface area contributed by atoms with E-state index in [1.54, 1.807) is 47.6 Å². The van der Waals surface area contributed by atoms with Crippen molar-refractivity contribution in [3.63, 3.8) is 0 Å². The second-order valence-electron chi connectivity index (χ2n) is 8.24. The van der Waals surface area contributed by atoms with E-state index in [0.717, 1.165) is 18.2 Å². The van der Waals surface area contributed by atoms with E-state index in [1.807, 2.05) is 12.1 Å². The molecule has 0 aliphatic heterocycles. The number of nitriles is 1. The van der Waals surface area contributed by atoms with Gasteiger partial charge in [-0.3, -0.25) is 9.78 Å². The number of hydrogen-bond donors (Lipinski definition) is 1. The van der Waals surface area contributed by atoms with Crippen LogP contribution in [0.3, 0.4) is 0 Å². The maximum atomic E-state index is 13.9. The highest BCUT2D eigenvalue weighted by Gasteiger charge is 2.40. The summed E-state index contributed by atoms with van der Waals surface area (Å²) >= 11 is 3.41. The van der Waals surface area contributed by atoms with Gasteiger partial charge >= 0.3 is 0 Å². The van der Waals surface area contributed by atoms with Gasteiger partial charge in [0.1, 0.15) is 11.9 Å². The fraction of sp³-hybridized carbons (Fsp3) is 0.200. The number of amides is 1. The predicted molar refractivity (Wildman–Crippen MR) is 130 cm³/mol. The first-order valence-electron chi connectivity index (χ1n) is 10.8. The van der Waals surface area contributed by atoms with Gasteiger partial charge in [-0.25, -0.2) is 15.0 Å². The van der Waals surface area contributed by atoms with Crippen LogP contribution in [-0.2, 0) is 6.54 Å². The number of anilines is 1. The zero-order chi connectivity index (χ0) is 23.7. The van der Waals surface area contributed by atoms with Crippen LogP contribution in [0, 0.1) is 17.2 Å². The number of hydrogen-bond acceptors (Lipinski definition) is 7. The Hall–Kier alpha value is -3.90. The van der Waals surface area contributed by atoms with Crippen molar-refractivity contribution < 1.29 is 4.79 Å². The highest BCUT2D eigenvalue weighted by atomic mass is 79.9. The van der Waals surface area contributed by atoms with Gasteiger partial charge in [0.05, 0.1) is 33.8 Å². The minimum absolute atomic E-state index is 0.148. The quantitative estimate of drug-likeness (QED) is 0.404. The molecule has 168 valence electrons. The number of nitrogens with two attached hydrogens (primary N) is 1. The van der Waals surface area contributed by atoms with Gasteiger partial charge in [0.2, 0.25) is 0 Å². The van der Waals surface area contributed by atoms with Gasteiger partial charge in [0, 0.05) is 29.5 Å². The Morgan fingerprint density at radius 1 is 1.18 bits per heavy atom. The SMILES string of the molecule is N#Cc1ccc(CN(C(=O)c2ccc3nc(N)c(Br)cc3c2)C(c2ncccn2)C2CC2)nc1. The van der Waals surface area contributed by atoms with Gasteiger partial charge in [-0.1, -0.05) is 0 Å². The number of halogens is 1. The average molecular weight is 514 g/mol. The fourth-order valence-corrected chi connectivity index (χ4v) is 4.33. The molecule has 4 aromatic rings. The molecule has 1 atom stereocenters. The summed E-state index contributed by atoms with van der Waals surface area (Å²) in [6, 6.07) is 14.3. The third-order valence-electron chi connectivity index (χ3n) is 5.84. The lowest BCUT2D eigenvalue weighted by atomic mass is 10.0. The standard InChI is InChI=1S/C25H20BrN7O/c26-20-11-18-10-17(5-7-21(18)32-23(20)28)25(34)33(14-19-6-2-15(12-27)13-31-19)22(16-3-4-16)24-29-8-1-9-30-24/h1-2,5-11,13,16,22H,3-4,14H2,(H2,28,32). The topological polar surface area (TPSA) is 122 Å². The van der Waals surface area contributed by atoms with Crippen molar-refractivity contribution >= 4 is 38.6 Å². The van der Waals surface area contributed by atoms with E-state index in [0.29, 0.717) is 38.5 Å². The number of carbonyl (C=O) groups is 1. The van der Waals surface area contributed by atoms with E-state index in [-0.39, 0.29) is 24.4 Å². The van der Waals surface area contributed by atoms with E-state index in [2.05, 4.69) is 41.9 Å². The number of nitrogens with zero attached hydrogens (tertiary/aromatic N) is 6. The van der Waals surface area contributed by atoms with Gasteiger partial charge < -0.3 is 10.6 Å². The van der Waals surface area contributed by atoms with Gasteiger partial charge in [-0.2, -0.15) is 5.26 Å². The summed E-state index contributed by atoms with van der Waals surface area (Å²) in [6.45, 7) is 0.270. The Kier molecular flexibility index (Phi) is 5.90. The van der Waals surface area contributed by atoms with Crippen molar-refractivity contribution in [2.75, 3.05) is 5.73 Å². The smallest absolute Gasteiger partial charge is 0.254 e. The molecule has 2 N–H and O–H groups in total. The van der Waals surface area contributed by atoms with Gasteiger partial charge in [-0.15, -0.1) is 0 Å². The summed E-state index contributed by atoms with van der Waals surface area (Å²) in [4.78, 5) is 33.5. The number of pyridine rings is 2. The molecule has 9 heteroatoms. The van der Waals surface area contributed by atoms with Crippen LogP contribution >= 0.6 is 15.9 Å². The maximum Gasteiger partial charge on any atom is 0.254 e. The molecular formula is C25H20BrN7O. The van der Waals surface area contributed by atoms with Crippen LogP contribution in [0.4, 0.5) is 5.82 Å². The number of rotatable bonds is 6. The minimum atomic E-state index is -0.280. The normalized spacial score (nSPS) is 13.9. The molecule has 3 heterocycles. The summed E-state index contributed by atoms with van der Waals surface area (Å²) in [7, 11) is 0. The Morgan fingerprint density at radius 2 is 1.97 bits per heavy atom. The highest BCUT2D eigenvalue weighted by molar-refractivity contribution is 9.10. The summed E-state index contributed by atoms with van der Waals surface area (Å²) in [5.41, 5.74) is 8.31. The molecule has 1 saturated carbocycles. The fourth-order valence-electron chi connectivity index (χ4n) is 4.00. The largest absolute Gasteiger partial charge is 0.383 e. The molecule has 0 radical (unpaired) electrons. The predicted octanol–water partition coefficient (Wildman–Crippen LogP) is 4.43. The van der Waals surface area contributed by atoms with E-state index >= 15 is 0 Å². The zero-order valence-corrected chi connectivity index (χ0v) is 19.7. The van der Waals surface area contributed by atoms with Crippen LogP contribution in [-0.4, -0.2) is 30.7 Å². The van der Waals surface area contributed by atoms with Crippen molar-refractivity contribution in [1.82, 2.24) is 24.8 Å². The monoisotopic (exact) mass is 513 g/mol. The Bertz CT molecular complexity index is 1400. The number of aromatic nitrogens is 4. The Balaban J connectivity index is 1.56. The lowest BCUT2D eigenvalue weighted by Crippen LogP contribution is -2.36. The number of carbonyl (C=O) groups excluding carboxylic acids is 1. The summed E-state index contributed by atoms with van der Waals surface area (Å²) < 4.78 is 0.678. The molecule has 1 unspecified atom stereocenters. The van der Waals surface area contributed by atoms with E-state index in [1.165, 1.54) is 6.20 Å². The van der Waals surface area contributed by atoms with Crippen molar-refractivity contribution in [3.05, 3.63) is 88.2 Å². The molecule has 1 fully saturated rings. The molecule has 1 aliphatic rings. The van der Waals surface area contributed by atoms with Crippen LogP contribution in [0.15, 0.2) is 65.5 Å². The minimum Gasteiger partial charge on any atom is -0.383 e. The summed E-state index contributed by atoms with van der Waals surface area (Å²) in [5.74, 6) is 1.14. The lowest BCUT2D eigenvalue weighted by molar-refractivity contribution is 0.0618. The lowest BCUT2D eigenvalue weighted by Gasteiger charge is -2.31. The third-order valence-corrected chi connectivity index (χ3v) is 6.48. The second kappa shape index (κ2) is 9.15. The summed E-state index contributed by atoms with van der Waals surface area (Å²) in [5, 5.41) is 9.91. The third kappa shape index (κ3) is 4.45. The van der Waals surface area contributed by atoms with Crippen molar-refractivity contribution in [1.29, 1.82) is 5.26 Å². The highest BCUT2D eigenvalue weighted by Crippen LogP contribution is 2.44. The number of nitrogen functional groups attached to an aromatic ring is 1. The van der Waals surface area contributed by atoms with Crippen LogP contribution in [0.5, 0.6) is 0 Å². The number of fused-ring (bicyclic) bond motifs is 1. The molecule has 0 saturated heterocycles. The molecule has 1 amide bonds. The van der Waals surface area contributed by atoms with E-state index in [4.69, 9.17) is 11.0 Å². The number of benzene rings is 1. The summed E-state index contributed by atoms with van der Waals surface area (Å²) in [6.07, 6.45) is 6.92. The molecule has 34 heavy (non-hydrogen) atoms. The first-order chi connectivity index (χ1) is 16.5. The zero-order valence-electron chi connectivity index (χ0n) is 18.1. The van der Waals surface area contributed by atoms with Crippen LogP contribution < -0.4 is 5.73 Å². The molecular weight excluding hydrogens is 494 g/mol. The van der Waals surface area contributed by atoms with E-state index in [9.17, 15) is 4.79 Å². The first kappa shape index (κ1) is 21.9. The molecule has 0 spiro atoms. The molecule has 5 rings (SSSR count). The Morgan fingerprint density at radius 3 is 2.65 bits per heavy atom. The van der Waals surface area contributed by atoms with Crippen LogP contribution in [0.25, 0.3) is 10.9 Å². The van der Waals surface area contributed by atoms with Gasteiger partial charge in [0.25, 0.3) is 5.91 Å². The molecule has 3 aromatic heterocycles. The van der Waals surface area contributed by atoms with Crippen molar-refractivity contribution in [2.45, 2.75) is 25.4 Å². The van der Waals surface area contributed by atoms with Crippen molar-refractivity contribution in [2.24, 2.45) is 5.92 Å². The molecule has 0 bridgehead atoms. The maximum absolute atomic E-state index is 13.9. The van der Waals surface area contributed by atoms with Crippen LogP contribution in [0.2, 0.25) is 0 Å². The Labute approximate surface area is 204 Å². The molecule has 1 aliphatic carbocycles. The van der Waals surface area contributed by atoms with Gasteiger partial charge in [-0.05, 0) is 77.2 Å².